The van der Waals surface area contributed by atoms with Gasteiger partial charge in [-0.3, -0.25) is 0 Å². The standard InChI is InChI=1S/C7H16N2O3S/c8-13(10,11)9-4-1-5-12-6-7-2-3-7/h7,9H,1-6H2,(H2,8,10,11). The summed E-state index contributed by atoms with van der Waals surface area (Å²) < 4.78 is 28.3. The van der Waals surface area contributed by atoms with Gasteiger partial charge in [-0.05, 0) is 25.2 Å². The van der Waals surface area contributed by atoms with E-state index in [1.165, 1.54) is 12.8 Å². The van der Waals surface area contributed by atoms with Gasteiger partial charge in [0.15, 0.2) is 0 Å². The highest BCUT2D eigenvalue weighted by Crippen LogP contribution is 2.28. The molecular weight excluding hydrogens is 192 g/mol. The Kier molecular flexibility index (Phi) is 4.11. The number of hydrogen-bond donors (Lipinski definition) is 2. The molecule has 78 valence electrons. The third-order valence-electron chi connectivity index (χ3n) is 1.82. The fourth-order valence-electron chi connectivity index (χ4n) is 0.923. The van der Waals surface area contributed by atoms with Gasteiger partial charge >= 0.3 is 0 Å². The first-order chi connectivity index (χ1) is 6.08. The van der Waals surface area contributed by atoms with Crippen LogP contribution in [0.2, 0.25) is 0 Å². The van der Waals surface area contributed by atoms with E-state index in [0.29, 0.717) is 19.6 Å². The Morgan fingerprint density at radius 3 is 2.69 bits per heavy atom. The summed E-state index contributed by atoms with van der Waals surface area (Å²) in [5, 5.41) is 4.73. The van der Waals surface area contributed by atoms with Crippen LogP contribution < -0.4 is 9.86 Å². The van der Waals surface area contributed by atoms with Crippen LogP contribution in [0.1, 0.15) is 19.3 Å². The van der Waals surface area contributed by atoms with Gasteiger partial charge in [0.1, 0.15) is 0 Å². The number of hydrogen-bond acceptors (Lipinski definition) is 3. The van der Waals surface area contributed by atoms with E-state index < -0.39 is 10.2 Å². The van der Waals surface area contributed by atoms with Gasteiger partial charge in [-0.25, -0.2) is 9.86 Å². The molecule has 13 heavy (non-hydrogen) atoms. The molecule has 6 heteroatoms. The molecule has 5 nitrogen and oxygen atoms in total. The second kappa shape index (κ2) is 4.90. The molecule has 0 aromatic heterocycles. The third kappa shape index (κ3) is 6.94. The topological polar surface area (TPSA) is 81.4 Å². The zero-order valence-electron chi connectivity index (χ0n) is 7.53. The fourth-order valence-corrected chi connectivity index (χ4v) is 1.35. The van der Waals surface area contributed by atoms with Crippen LogP contribution in [0.15, 0.2) is 0 Å². The predicted octanol–water partition coefficient (Wildman–Crippen LogP) is -0.404. The van der Waals surface area contributed by atoms with Gasteiger partial charge in [0.05, 0.1) is 0 Å². The van der Waals surface area contributed by atoms with E-state index in [0.717, 1.165) is 12.5 Å². The van der Waals surface area contributed by atoms with E-state index in [1.54, 1.807) is 0 Å². The molecule has 0 spiro atoms. The van der Waals surface area contributed by atoms with E-state index in [9.17, 15) is 8.42 Å². The smallest absolute Gasteiger partial charge is 0.274 e. The average Bonchev–Trinajstić information content (AvgIpc) is 2.77. The monoisotopic (exact) mass is 208 g/mol. The summed E-state index contributed by atoms with van der Waals surface area (Å²) in [5.41, 5.74) is 0. The molecule has 0 amide bonds. The number of nitrogens with two attached hydrogens (primary N) is 1. The van der Waals surface area contributed by atoms with Crippen molar-refractivity contribution in [3.05, 3.63) is 0 Å². The highest BCUT2D eigenvalue weighted by Gasteiger charge is 2.20. The lowest BCUT2D eigenvalue weighted by Crippen LogP contribution is -2.31. The first-order valence-electron chi connectivity index (χ1n) is 4.43. The summed E-state index contributed by atoms with van der Waals surface area (Å²) in [6.45, 7) is 1.76. The molecule has 0 heterocycles. The Labute approximate surface area is 78.8 Å². The maximum Gasteiger partial charge on any atom is 0.274 e. The van der Waals surface area contributed by atoms with Crippen molar-refractivity contribution in [3.63, 3.8) is 0 Å². The minimum Gasteiger partial charge on any atom is -0.381 e. The van der Waals surface area contributed by atoms with Crippen LogP contribution in [-0.4, -0.2) is 28.2 Å². The summed E-state index contributed by atoms with van der Waals surface area (Å²) >= 11 is 0. The fraction of sp³-hybridized carbons (Fsp3) is 1.00. The van der Waals surface area contributed by atoms with Crippen molar-refractivity contribution >= 4 is 10.2 Å². The van der Waals surface area contributed by atoms with Crippen LogP contribution in [0.4, 0.5) is 0 Å². The van der Waals surface area contributed by atoms with Crippen LogP contribution in [0.5, 0.6) is 0 Å². The second-order valence-corrected chi connectivity index (χ2v) is 4.69. The molecule has 0 saturated heterocycles. The normalized spacial score (nSPS) is 17.6. The molecule has 1 fully saturated rings. The SMILES string of the molecule is NS(=O)(=O)NCCCOCC1CC1. The van der Waals surface area contributed by atoms with Gasteiger partial charge < -0.3 is 4.74 Å². The minimum atomic E-state index is -3.52. The van der Waals surface area contributed by atoms with Crippen LogP contribution >= 0.6 is 0 Å². The highest BCUT2D eigenvalue weighted by atomic mass is 32.2. The Bertz CT molecular complexity index is 236. The average molecular weight is 208 g/mol. The summed E-state index contributed by atoms with van der Waals surface area (Å²) in [4.78, 5) is 0. The first-order valence-corrected chi connectivity index (χ1v) is 5.98. The summed E-state index contributed by atoms with van der Waals surface area (Å²) in [6.07, 6.45) is 3.22. The predicted molar refractivity (Wildman–Crippen MR) is 49.3 cm³/mol. The van der Waals surface area contributed by atoms with Gasteiger partial charge in [0, 0.05) is 19.8 Å². The summed E-state index contributed by atoms with van der Waals surface area (Å²) in [5.74, 6) is 0.756. The van der Waals surface area contributed by atoms with Crippen molar-refractivity contribution in [1.82, 2.24) is 4.72 Å². The van der Waals surface area contributed by atoms with E-state index in [2.05, 4.69) is 4.72 Å². The zero-order chi connectivity index (χ0) is 9.73. The Balaban J connectivity index is 1.83. The van der Waals surface area contributed by atoms with E-state index in [4.69, 9.17) is 9.88 Å². The number of rotatable bonds is 7. The van der Waals surface area contributed by atoms with Gasteiger partial charge in [-0.1, -0.05) is 0 Å². The number of nitrogens with one attached hydrogen (secondary N) is 1. The van der Waals surface area contributed by atoms with Crippen molar-refractivity contribution in [2.24, 2.45) is 11.1 Å². The molecule has 0 atom stereocenters. The lowest BCUT2D eigenvalue weighted by Gasteiger charge is -2.03. The summed E-state index contributed by atoms with van der Waals surface area (Å²) in [6, 6.07) is 0. The van der Waals surface area contributed by atoms with E-state index in [-0.39, 0.29) is 0 Å². The van der Waals surface area contributed by atoms with Gasteiger partial charge in [-0.15, -0.1) is 0 Å². The molecule has 0 bridgehead atoms. The first kappa shape index (κ1) is 10.9. The molecule has 1 rings (SSSR count). The van der Waals surface area contributed by atoms with Crippen molar-refractivity contribution in [2.45, 2.75) is 19.3 Å². The zero-order valence-corrected chi connectivity index (χ0v) is 8.35. The van der Waals surface area contributed by atoms with Crippen LogP contribution in [-0.2, 0) is 14.9 Å². The maximum atomic E-state index is 10.4. The largest absolute Gasteiger partial charge is 0.381 e. The highest BCUT2D eigenvalue weighted by molar-refractivity contribution is 7.87. The molecule has 0 aromatic carbocycles. The molecule has 3 N–H and O–H groups in total. The van der Waals surface area contributed by atoms with Crippen LogP contribution in [0.25, 0.3) is 0 Å². The van der Waals surface area contributed by atoms with Gasteiger partial charge in [-0.2, -0.15) is 8.42 Å². The molecular formula is C7H16N2O3S. The molecule has 1 aliphatic carbocycles. The molecule has 0 aromatic rings. The molecule has 1 aliphatic rings. The molecule has 1 saturated carbocycles. The van der Waals surface area contributed by atoms with Gasteiger partial charge in [0.2, 0.25) is 0 Å². The maximum absolute atomic E-state index is 10.4. The molecule has 0 aliphatic heterocycles. The van der Waals surface area contributed by atoms with Crippen LogP contribution in [0, 0.1) is 5.92 Å². The van der Waals surface area contributed by atoms with Crippen molar-refractivity contribution in [1.29, 1.82) is 0 Å². The van der Waals surface area contributed by atoms with E-state index in [1.807, 2.05) is 0 Å². The molecule has 0 unspecified atom stereocenters. The quantitative estimate of drug-likeness (QED) is 0.558. The van der Waals surface area contributed by atoms with Crippen LogP contribution in [0.3, 0.4) is 0 Å². The van der Waals surface area contributed by atoms with Crippen molar-refractivity contribution in [2.75, 3.05) is 19.8 Å². The minimum absolute atomic E-state index is 0.351. The Morgan fingerprint density at radius 2 is 2.15 bits per heavy atom. The van der Waals surface area contributed by atoms with Crippen molar-refractivity contribution in [3.8, 4) is 0 Å². The Hall–Kier alpha value is -0.170. The second-order valence-electron chi connectivity index (χ2n) is 3.31. The van der Waals surface area contributed by atoms with E-state index >= 15 is 0 Å². The van der Waals surface area contributed by atoms with Crippen molar-refractivity contribution < 1.29 is 13.2 Å². The Morgan fingerprint density at radius 1 is 1.46 bits per heavy atom. The summed E-state index contributed by atoms with van der Waals surface area (Å²) in [7, 11) is -3.52. The lowest BCUT2D eigenvalue weighted by molar-refractivity contribution is 0.123. The lowest BCUT2D eigenvalue weighted by atomic mass is 10.4. The molecule has 0 radical (unpaired) electrons. The van der Waals surface area contributed by atoms with Gasteiger partial charge in [0.25, 0.3) is 10.2 Å². The number of ether oxygens (including phenoxy) is 1. The third-order valence-corrected chi connectivity index (χ3v) is 2.43.